The summed E-state index contributed by atoms with van der Waals surface area (Å²) < 4.78 is 0.815. The average molecular weight is 251 g/mol. The van der Waals surface area contributed by atoms with E-state index in [2.05, 4.69) is 42.2 Å². The summed E-state index contributed by atoms with van der Waals surface area (Å²) in [7, 11) is 0. The fourth-order valence-corrected chi connectivity index (χ4v) is 0.780. The minimum Gasteiger partial charge on any atom is -0.0961 e. The third-order valence-corrected chi connectivity index (χ3v) is 1.71. The Morgan fingerprint density at radius 3 is 1.64 bits per heavy atom. The standard InChI is InChI=1S/C13H15Br/c1-10(2)6-7-11(3)12(4)8-9-13(5)14/h6-9H,1,3-5H2,2H3/b7-6-,9-8-. The molecule has 0 N–H and O–H groups in total. The van der Waals surface area contributed by atoms with E-state index in [1.165, 1.54) is 0 Å². The van der Waals surface area contributed by atoms with Crippen LogP contribution in [0.5, 0.6) is 0 Å². The molecule has 1 heteroatoms. The van der Waals surface area contributed by atoms with Crippen LogP contribution in [0.4, 0.5) is 0 Å². The van der Waals surface area contributed by atoms with Crippen molar-refractivity contribution >= 4 is 15.9 Å². The van der Waals surface area contributed by atoms with Gasteiger partial charge in [-0.1, -0.05) is 66.0 Å². The van der Waals surface area contributed by atoms with Crippen LogP contribution < -0.4 is 0 Å². The van der Waals surface area contributed by atoms with E-state index in [4.69, 9.17) is 0 Å². The Kier molecular flexibility index (Phi) is 5.89. The van der Waals surface area contributed by atoms with Crippen LogP contribution in [-0.2, 0) is 0 Å². The molecule has 0 aliphatic carbocycles. The van der Waals surface area contributed by atoms with Crippen molar-refractivity contribution in [3.05, 3.63) is 71.8 Å². The number of hydrogen-bond acceptors (Lipinski definition) is 0. The molecule has 0 aliphatic rings. The highest BCUT2D eigenvalue weighted by atomic mass is 79.9. The molecule has 0 radical (unpaired) electrons. The lowest BCUT2D eigenvalue weighted by atomic mass is 10.1. The zero-order chi connectivity index (χ0) is 11.1. The van der Waals surface area contributed by atoms with Crippen molar-refractivity contribution in [3.63, 3.8) is 0 Å². The van der Waals surface area contributed by atoms with Crippen molar-refractivity contribution in [2.24, 2.45) is 0 Å². The van der Waals surface area contributed by atoms with Crippen molar-refractivity contribution in [3.8, 4) is 0 Å². The molecule has 74 valence electrons. The predicted octanol–water partition coefficient (Wildman–Crippen LogP) is 4.70. The molecule has 0 heterocycles. The molecular formula is C13H15Br. The summed E-state index contributed by atoms with van der Waals surface area (Å²) in [5.41, 5.74) is 2.73. The third kappa shape index (κ3) is 6.44. The normalized spacial score (nSPS) is 10.7. The van der Waals surface area contributed by atoms with Crippen molar-refractivity contribution in [1.29, 1.82) is 0 Å². The molecule has 0 aromatic carbocycles. The molecule has 0 atom stereocenters. The van der Waals surface area contributed by atoms with Gasteiger partial charge >= 0.3 is 0 Å². The van der Waals surface area contributed by atoms with Crippen LogP contribution in [0.2, 0.25) is 0 Å². The highest BCUT2D eigenvalue weighted by Gasteiger charge is 1.90. The van der Waals surface area contributed by atoms with Crippen molar-refractivity contribution in [1.82, 2.24) is 0 Å². The van der Waals surface area contributed by atoms with Gasteiger partial charge in [0.2, 0.25) is 0 Å². The second-order valence-corrected chi connectivity index (χ2v) is 4.03. The van der Waals surface area contributed by atoms with E-state index in [-0.39, 0.29) is 0 Å². The first kappa shape index (κ1) is 12.9. The zero-order valence-corrected chi connectivity index (χ0v) is 10.1. The molecule has 0 unspecified atom stereocenters. The lowest BCUT2D eigenvalue weighted by Crippen LogP contribution is -1.78. The second-order valence-electron chi connectivity index (χ2n) is 3.01. The van der Waals surface area contributed by atoms with Gasteiger partial charge in [0, 0.05) is 4.48 Å². The minimum atomic E-state index is 0.815. The average Bonchev–Trinajstić information content (AvgIpc) is 2.09. The van der Waals surface area contributed by atoms with Crippen molar-refractivity contribution in [2.45, 2.75) is 6.92 Å². The van der Waals surface area contributed by atoms with Crippen molar-refractivity contribution in [2.75, 3.05) is 0 Å². The maximum Gasteiger partial charge on any atom is 0.0103 e. The van der Waals surface area contributed by atoms with Gasteiger partial charge in [-0.15, -0.1) is 0 Å². The first-order valence-corrected chi connectivity index (χ1v) is 4.97. The van der Waals surface area contributed by atoms with Gasteiger partial charge in [-0.3, -0.25) is 0 Å². The van der Waals surface area contributed by atoms with Gasteiger partial charge in [0.05, 0.1) is 0 Å². The topological polar surface area (TPSA) is 0 Å². The number of rotatable bonds is 5. The summed E-state index contributed by atoms with van der Waals surface area (Å²) in [6, 6.07) is 0. The van der Waals surface area contributed by atoms with E-state index in [0.717, 1.165) is 21.2 Å². The monoisotopic (exact) mass is 250 g/mol. The molecule has 0 rings (SSSR count). The van der Waals surface area contributed by atoms with Gasteiger partial charge in [-0.25, -0.2) is 0 Å². The van der Waals surface area contributed by atoms with Crippen LogP contribution in [0.1, 0.15) is 6.92 Å². The molecular weight excluding hydrogens is 236 g/mol. The smallest absolute Gasteiger partial charge is 0.0103 e. The van der Waals surface area contributed by atoms with Gasteiger partial charge in [0.25, 0.3) is 0 Å². The summed E-state index contributed by atoms with van der Waals surface area (Å²) in [6.07, 6.45) is 7.50. The Balaban J connectivity index is 4.35. The van der Waals surface area contributed by atoms with E-state index >= 15 is 0 Å². The van der Waals surface area contributed by atoms with Crippen LogP contribution in [0, 0.1) is 0 Å². The molecule has 0 saturated heterocycles. The molecule has 0 saturated carbocycles. The SMILES string of the molecule is C=C(C)/C=C\C(=C)C(=C)/C=C\C(=C)Br. The lowest BCUT2D eigenvalue weighted by Gasteiger charge is -1.98. The van der Waals surface area contributed by atoms with Gasteiger partial charge < -0.3 is 0 Å². The summed E-state index contributed by atoms with van der Waals surface area (Å²) in [4.78, 5) is 0. The maximum absolute atomic E-state index is 3.88. The van der Waals surface area contributed by atoms with Crippen LogP contribution in [0.3, 0.4) is 0 Å². The van der Waals surface area contributed by atoms with Gasteiger partial charge in [0.1, 0.15) is 0 Å². The molecule has 0 amide bonds. The first-order chi connectivity index (χ1) is 6.43. The largest absolute Gasteiger partial charge is 0.0961 e. The van der Waals surface area contributed by atoms with E-state index < -0.39 is 0 Å². The predicted molar refractivity (Wildman–Crippen MR) is 69.4 cm³/mol. The van der Waals surface area contributed by atoms with Crippen LogP contribution >= 0.6 is 15.9 Å². The second kappa shape index (κ2) is 6.39. The van der Waals surface area contributed by atoms with Crippen LogP contribution in [-0.4, -0.2) is 0 Å². The van der Waals surface area contributed by atoms with Crippen molar-refractivity contribution < 1.29 is 0 Å². The number of halogens is 1. The lowest BCUT2D eigenvalue weighted by molar-refractivity contribution is 1.52. The molecule has 0 fully saturated rings. The fourth-order valence-electron chi connectivity index (χ4n) is 0.648. The van der Waals surface area contributed by atoms with Crippen LogP contribution in [0.25, 0.3) is 0 Å². The molecule has 0 spiro atoms. The molecule has 0 aromatic heterocycles. The first-order valence-electron chi connectivity index (χ1n) is 4.17. The fraction of sp³-hybridized carbons (Fsp3) is 0.0769. The molecule has 0 nitrogen and oxygen atoms in total. The molecule has 0 bridgehead atoms. The van der Waals surface area contributed by atoms with E-state index in [9.17, 15) is 0 Å². The molecule has 0 aromatic rings. The Hall–Kier alpha value is -1.08. The quantitative estimate of drug-likeness (QED) is 0.621. The van der Waals surface area contributed by atoms with E-state index in [1.54, 1.807) is 0 Å². The third-order valence-electron chi connectivity index (χ3n) is 1.45. The minimum absolute atomic E-state index is 0.815. The van der Waals surface area contributed by atoms with Gasteiger partial charge in [-0.2, -0.15) is 0 Å². The van der Waals surface area contributed by atoms with E-state index in [0.29, 0.717) is 0 Å². The summed E-state index contributed by atoms with van der Waals surface area (Å²) in [6.45, 7) is 17.1. The Bertz CT molecular complexity index is 293. The highest BCUT2D eigenvalue weighted by Crippen LogP contribution is 2.12. The number of allylic oxidation sites excluding steroid dienone is 8. The maximum atomic E-state index is 3.88. The van der Waals surface area contributed by atoms with Crippen LogP contribution in [0.15, 0.2) is 71.8 Å². The summed E-state index contributed by atoms with van der Waals surface area (Å²) in [5.74, 6) is 0. The Morgan fingerprint density at radius 1 is 0.857 bits per heavy atom. The van der Waals surface area contributed by atoms with Gasteiger partial charge in [-0.05, 0) is 24.1 Å². The molecule has 14 heavy (non-hydrogen) atoms. The highest BCUT2D eigenvalue weighted by molar-refractivity contribution is 9.11. The zero-order valence-electron chi connectivity index (χ0n) is 8.52. The Morgan fingerprint density at radius 2 is 1.29 bits per heavy atom. The Labute approximate surface area is 94.8 Å². The summed E-state index contributed by atoms with van der Waals surface area (Å²) >= 11 is 3.23. The van der Waals surface area contributed by atoms with Gasteiger partial charge in [0.15, 0.2) is 0 Å². The van der Waals surface area contributed by atoms with E-state index in [1.807, 2.05) is 31.2 Å². The summed E-state index contributed by atoms with van der Waals surface area (Å²) in [5, 5.41) is 0. The molecule has 0 aliphatic heterocycles. The number of hydrogen-bond donors (Lipinski definition) is 0.